The SMILES string of the molecule is Cc1cc(F)c(F)c(OCC(=O)[C@H](CC(=O)O)NC(=O)C2CCN(C(=O)c3cccs3)CC2)c1F. The minimum absolute atomic E-state index is 0.137. The van der Waals surface area contributed by atoms with E-state index >= 15 is 0 Å². The summed E-state index contributed by atoms with van der Waals surface area (Å²) in [4.78, 5) is 51.1. The predicted molar refractivity (Wildman–Crippen MR) is 119 cm³/mol. The number of likely N-dealkylation sites (tertiary alicyclic amines) is 1. The van der Waals surface area contributed by atoms with Crippen LogP contribution in [-0.2, 0) is 14.4 Å². The molecule has 2 amide bonds. The van der Waals surface area contributed by atoms with E-state index in [2.05, 4.69) is 5.32 Å². The van der Waals surface area contributed by atoms with Crippen molar-refractivity contribution in [3.05, 3.63) is 51.5 Å². The summed E-state index contributed by atoms with van der Waals surface area (Å²) >= 11 is 1.31. The maximum absolute atomic E-state index is 14.1. The van der Waals surface area contributed by atoms with Gasteiger partial charge in [-0.2, -0.15) is 4.39 Å². The van der Waals surface area contributed by atoms with Gasteiger partial charge in [0.25, 0.3) is 5.91 Å². The smallest absolute Gasteiger partial charge is 0.305 e. The number of benzene rings is 1. The third-order valence-electron chi connectivity index (χ3n) is 5.63. The molecule has 2 N–H and O–H groups in total. The molecule has 0 spiro atoms. The largest absolute Gasteiger partial charge is 0.481 e. The van der Waals surface area contributed by atoms with Crippen LogP contribution >= 0.6 is 11.3 Å². The zero-order valence-electron chi connectivity index (χ0n) is 18.7. The van der Waals surface area contributed by atoms with E-state index in [0.29, 0.717) is 36.9 Å². The monoisotopic (exact) mass is 512 g/mol. The fourth-order valence-corrected chi connectivity index (χ4v) is 4.37. The lowest BCUT2D eigenvalue weighted by atomic mass is 9.95. The van der Waals surface area contributed by atoms with Gasteiger partial charge in [-0.15, -0.1) is 11.3 Å². The summed E-state index contributed by atoms with van der Waals surface area (Å²) in [6.07, 6.45) is -0.157. The highest BCUT2D eigenvalue weighted by atomic mass is 32.1. The molecule has 0 radical (unpaired) electrons. The normalized spacial score (nSPS) is 14.9. The van der Waals surface area contributed by atoms with E-state index < -0.39 is 65.8 Å². The Labute approximate surface area is 202 Å². The number of nitrogens with one attached hydrogen (secondary N) is 1. The zero-order valence-corrected chi connectivity index (χ0v) is 19.5. The molecule has 12 heteroatoms. The molecule has 1 aromatic carbocycles. The van der Waals surface area contributed by atoms with Gasteiger partial charge in [-0.05, 0) is 42.8 Å². The van der Waals surface area contributed by atoms with Crippen molar-refractivity contribution >= 4 is 34.9 Å². The number of piperidine rings is 1. The first-order chi connectivity index (χ1) is 16.6. The van der Waals surface area contributed by atoms with Crippen molar-refractivity contribution in [2.24, 2.45) is 5.92 Å². The van der Waals surface area contributed by atoms with Crippen LogP contribution in [0.15, 0.2) is 23.6 Å². The van der Waals surface area contributed by atoms with Gasteiger partial charge in [0.1, 0.15) is 12.6 Å². The predicted octanol–water partition coefficient (Wildman–Crippen LogP) is 2.93. The summed E-state index contributed by atoms with van der Waals surface area (Å²) in [5.74, 6) is -8.90. The first-order valence-corrected chi connectivity index (χ1v) is 11.6. The second kappa shape index (κ2) is 11.3. The number of aryl methyl sites for hydroxylation is 1. The van der Waals surface area contributed by atoms with Gasteiger partial charge in [0.2, 0.25) is 11.7 Å². The number of amides is 2. The lowest BCUT2D eigenvalue weighted by Gasteiger charge is -2.31. The number of rotatable bonds is 9. The average molecular weight is 513 g/mol. The molecular formula is C23H23F3N2O6S. The Morgan fingerprint density at radius 3 is 2.49 bits per heavy atom. The minimum atomic E-state index is -1.62. The maximum atomic E-state index is 14.1. The first kappa shape index (κ1) is 26.2. The Hall–Kier alpha value is -3.41. The van der Waals surface area contributed by atoms with Crippen LogP contribution < -0.4 is 10.1 Å². The highest BCUT2D eigenvalue weighted by Crippen LogP contribution is 2.27. The second-order valence-electron chi connectivity index (χ2n) is 8.09. The van der Waals surface area contributed by atoms with E-state index in [4.69, 9.17) is 9.84 Å². The van der Waals surface area contributed by atoms with Crippen molar-refractivity contribution < 1.29 is 42.2 Å². The summed E-state index contributed by atoms with van der Waals surface area (Å²) in [5.41, 5.74) is -0.245. The Morgan fingerprint density at radius 1 is 1.20 bits per heavy atom. The fraction of sp³-hybridized carbons (Fsp3) is 0.391. The average Bonchev–Trinajstić information content (AvgIpc) is 3.36. The molecule has 188 valence electrons. The maximum Gasteiger partial charge on any atom is 0.305 e. The molecule has 0 unspecified atom stereocenters. The Morgan fingerprint density at radius 2 is 1.89 bits per heavy atom. The second-order valence-corrected chi connectivity index (χ2v) is 9.04. The molecule has 8 nitrogen and oxygen atoms in total. The van der Waals surface area contributed by atoms with E-state index in [9.17, 15) is 32.3 Å². The first-order valence-electron chi connectivity index (χ1n) is 10.7. The number of ketones is 1. The summed E-state index contributed by atoms with van der Waals surface area (Å²) in [6, 6.07) is 2.58. The van der Waals surface area contributed by atoms with Crippen molar-refractivity contribution in [2.75, 3.05) is 19.7 Å². The number of nitrogens with zero attached hydrogens (tertiary/aromatic N) is 1. The number of carboxylic acid groups (broad SMARTS) is 1. The number of ether oxygens (including phenoxy) is 1. The number of hydrogen-bond acceptors (Lipinski definition) is 6. The highest BCUT2D eigenvalue weighted by molar-refractivity contribution is 7.12. The number of Topliss-reactive ketones (excluding diaryl/α,β-unsaturated/α-hetero) is 1. The number of carboxylic acids is 1. The molecule has 1 aliphatic rings. The minimum Gasteiger partial charge on any atom is -0.481 e. The zero-order chi connectivity index (χ0) is 25.7. The van der Waals surface area contributed by atoms with E-state index in [1.807, 2.05) is 0 Å². The molecule has 1 saturated heterocycles. The van der Waals surface area contributed by atoms with Crippen LogP contribution in [0.5, 0.6) is 5.75 Å². The van der Waals surface area contributed by atoms with Gasteiger partial charge in [0, 0.05) is 19.0 Å². The lowest BCUT2D eigenvalue weighted by molar-refractivity contribution is -0.141. The number of aliphatic carboxylic acids is 1. The van der Waals surface area contributed by atoms with Crippen LogP contribution in [0.2, 0.25) is 0 Å². The van der Waals surface area contributed by atoms with Crippen molar-refractivity contribution in [1.82, 2.24) is 10.2 Å². The summed E-state index contributed by atoms with van der Waals surface area (Å²) in [7, 11) is 0. The summed E-state index contributed by atoms with van der Waals surface area (Å²) in [5, 5.41) is 13.3. The van der Waals surface area contributed by atoms with Crippen molar-refractivity contribution in [2.45, 2.75) is 32.2 Å². The van der Waals surface area contributed by atoms with Crippen molar-refractivity contribution in [1.29, 1.82) is 0 Å². The summed E-state index contributed by atoms with van der Waals surface area (Å²) in [6.45, 7) is 0.821. The number of carbonyl (C=O) groups excluding carboxylic acids is 3. The number of hydrogen-bond donors (Lipinski definition) is 2. The van der Waals surface area contributed by atoms with Crippen LogP contribution in [0.1, 0.15) is 34.5 Å². The van der Waals surface area contributed by atoms with Crippen LogP contribution in [0, 0.1) is 30.3 Å². The molecule has 0 bridgehead atoms. The number of thiophene rings is 1. The topological polar surface area (TPSA) is 113 Å². The van der Waals surface area contributed by atoms with Gasteiger partial charge in [-0.3, -0.25) is 19.2 Å². The third kappa shape index (κ3) is 6.38. The van der Waals surface area contributed by atoms with Gasteiger partial charge in [0.15, 0.2) is 23.2 Å². The van der Waals surface area contributed by atoms with Crippen LogP contribution in [0.4, 0.5) is 13.2 Å². The van der Waals surface area contributed by atoms with E-state index in [0.717, 1.165) is 0 Å². The molecule has 1 atom stereocenters. The van der Waals surface area contributed by atoms with Gasteiger partial charge in [0.05, 0.1) is 11.3 Å². The molecule has 2 aromatic rings. The molecular weight excluding hydrogens is 489 g/mol. The molecule has 3 rings (SSSR count). The van der Waals surface area contributed by atoms with Crippen molar-refractivity contribution in [3.8, 4) is 5.75 Å². The van der Waals surface area contributed by atoms with Crippen LogP contribution in [0.3, 0.4) is 0 Å². The molecule has 1 aromatic heterocycles. The fourth-order valence-electron chi connectivity index (χ4n) is 3.68. The van der Waals surface area contributed by atoms with Crippen LogP contribution in [-0.4, -0.2) is 59.3 Å². The van der Waals surface area contributed by atoms with E-state index in [1.165, 1.54) is 18.3 Å². The van der Waals surface area contributed by atoms with Gasteiger partial charge >= 0.3 is 5.97 Å². The van der Waals surface area contributed by atoms with E-state index in [-0.39, 0.29) is 11.5 Å². The van der Waals surface area contributed by atoms with Crippen molar-refractivity contribution in [3.63, 3.8) is 0 Å². The molecule has 2 heterocycles. The van der Waals surface area contributed by atoms with E-state index in [1.54, 1.807) is 22.4 Å². The molecule has 0 saturated carbocycles. The lowest BCUT2D eigenvalue weighted by Crippen LogP contribution is -2.49. The van der Waals surface area contributed by atoms with Gasteiger partial charge in [-0.1, -0.05) is 6.07 Å². The molecule has 1 aliphatic heterocycles. The quantitative estimate of drug-likeness (QED) is 0.500. The standard InChI is InChI=1S/C23H23F3N2O6S/c1-12-9-14(24)20(26)21(19(12)25)34-11-16(29)15(10-18(30)31)27-22(32)13-4-6-28(7-5-13)23(33)17-3-2-8-35-17/h2-3,8-9,13,15H,4-7,10-11H2,1H3,(H,27,32)(H,30,31)/t15-/m0/s1. The number of carbonyl (C=O) groups is 4. The number of halogens is 3. The summed E-state index contributed by atoms with van der Waals surface area (Å²) < 4.78 is 46.4. The third-order valence-corrected chi connectivity index (χ3v) is 6.48. The Bertz CT molecular complexity index is 1090. The van der Waals surface area contributed by atoms with Gasteiger partial charge in [-0.25, -0.2) is 8.78 Å². The molecule has 1 fully saturated rings. The Balaban J connectivity index is 1.59. The van der Waals surface area contributed by atoms with Crippen LogP contribution in [0.25, 0.3) is 0 Å². The Kier molecular flexibility index (Phi) is 8.49. The van der Waals surface area contributed by atoms with Gasteiger partial charge < -0.3 is 20.1 Å². The molecule has 0 aliphatic carbocycles. The highest BCUT2D eigenvalue weighted by Gasteiger charge is 2.32. The molecule has 35 heavy (non-hydrogen) atoms.